The summed E-state index contributed by atoms with van der Waals surface area (Å²) in [6.45, 7) is 4.94. The summed E-state index contributed by atoms with van der Waals surface area (Å²) < 4.78 is 1.43. The van der Waals surface area contributed by atoms with E-state index in [-0.39, 0.29) is 5.95 Å². The van der Waals surface area contributed by atoms with E-state index in [0.717, 1.165) is 6.54 Å². The van der Waals surface area contributed by atoms with Crippen molar-refractivity contribution in [1.29, 1.82) is 0 Å². The number of nitrogens with two attached hydrogens (primary N) is 1. The van der Waals surface area contributed by atoms with Gasteiger partial charge >= 0.3 is 0 Å². The van der Waals surface area contributed by atoms with Gasteiger partial charge in [0.2, 0.25) is 11.9 Å². The minimum Gasteiger partial charge on any atom is -0.354 e. The predicted molar refractivity (Wildman–Crippen MR) is 65.9 cm³/mol. The smallest absolute Gasteiger partial charge is 0.258 e. The highest BCUT2D eigenvalue weighted by Crippen LogP contribution is 2.07. The molecule has 2 heterocycles. The zero-order valence-corrected chi connectivity index (χ0v) is 10.2. The molecule has 2 rings (SSSR count). The summed E-state index contributed by atoms with van der Waals surface area (Å²) >= 11 is 0. The fraction of sp³-hybridized carbons (Fsp3) is 0.444. The fourth-order valence-corrected chi connectivity index (χ4v) is 1.22. The van der Waals surface area contributed by atoms with Gasteiger partial charge in [-0.1, -0.05) is 13.8 Å². The molecule has 0 aromatic carbocycles. The molecular weight excluding hydrogens is 234 g/mol. The zero-order valence-electron chi connectivity index (χ0n) is 10.2. The summed E-state index contributed by atoms with van der Waals surface area (Å²) in [6, 6.07) is 0. The van der Waals surface area contributed by atoms with Crippen LogP contribution in [-0.4, -0.2) is 36.3 Å². The summed E-state index contributed by atoms with van der Waals surface area (Å²) in [5, 5.41) is 7.06. The van der Waals surface area contributed by atoms with Crippen LogP contribution in [0.25, 0.3) is 5.95 Å². The molecule has 2 aromatic rings. The Balaban J connectivity index is 2.27. The summed E-state index contributed by atoms with van der Waals surface area (Å²) in [5.74, 6) is 6.85. The van der Waals surface area contributed by atoms with Crippen molar-refractivity contribution < 1.29 is 0 Å². The van der Waals surface area contributed by atoms with Gasteiger partial charge in [0.05, 0.1) is 0 Å². The van der Waals surface area contributed by atoms with Gasteiger partial charge in [0.15, 0.2) is 0 Å². The lowest BCUT2D eigenvalue weighted by atomic mass is 10.2. The van der Waals surface area contributed by atoms with Crippen LogP contribution in [0.4, 0.5) is 11.9 Å². The normalized spacial score (nSPS) is 10.7. The molecule has 0 fully saturated rings. The van der Waals surface area contributed by atoms with Crippen molar-refractivity contribution in [2.24, 2.45) is 11.8 Å². The average molecular weight is 249 g/mol. The highest BCUT2D eigenvalue weighted by molar-refractivity contribution is 5.36. The highest BCUT2D eigenvalue weighted by Gasteiger charge is 2.08. The number of rotatable bonds is 5. The van der Waals surface area contributed by atoms with Gasteiger partial charge in [0.25, 0.3) is 5.95 Å². The Bertz CT molecular complexity index is 493. The van der Waals surface area contributed by atoms with Crippen LogP contribution in [-0.2, 0) is 0 Å². The first-order chi connectivity index (χ1) is 8.69. The Hall–Kier alpha value is -2.29. The van der Waals surface area contributed by atoms with Crippen LogP contribution in [0.3, 0.4) is 0 Å². The minimum absolute atomic E-state index is 0.266. The number of nitrogen functional groups attached to an aromatic ring is 1. The van der Waals surface area contributed by atoms with Gasteiger partial charge in [-0.3, -0.25) is 5.43 Å². The standard InChI is InChI=1S/C9H15N9/c1-6(2)3-12-7-14-8(17-10)16-9(15-7)18-5-11-4-13-18/h4-6H,3,10H2,1-2H3,(H2,12,14,15,16,17). The maximum atomic E-state index is 5.32. The molecule has 0 aliphatic carbocycles. The quantitative estimate of drug-likeness (QED) is 0.492. The molecule has 0 bridgehead atoms. The topological polar surface area (TPSA) is 119 Å². The van der Waals surface area contributed by atoms with Crippen LogP contribution < -0.4 is 16.6 Å². The third kappa shape index (κ3) is 2.88. The second-order valence-electron chi connectivity index (χ2n) is 4.04. The minimum atomic E-state index is 0.266. The summed E-state index contributed by atoms with van der Waals surface area (Å²) in [4.78, 5) is 16.3. The number of hydrazine groups is 1. The predicted octanol–water partition coefficient (Wildman–Crippen LogP) is -0.194. The van der Waals surface area contributed by atoms with Crippen molar-refractivity contribution >= 4 is 11.9 Å². The van der Waals surface area contributed by atoms with Crippen molar-refractivity contribution in [2.45, 2.75) is 13.8 Å². The molecule has 0 spiro atoms. The Kier molecular flexibility index (Phi) is 3.63. The maximum absolute atomic E-state index is 5.32. The fourth-order valence-electron chi connectivity index (χ4n) is 1.22. The summed E-state index contributed by atoms with van der Waals surface area (Å²) in [7, 11) is 0. The second-order valence-corrected chi connectivity index (χ2v) is 4.04. The number of nitrogens with one attached hydrogen (secondary N) is 2. The molecule has 0 aliphatic heterocycles. The van der Waals surface area contributed by atoms with E-state index in [1.807, 2.05) is 0 Å². The largest absolute Gasteiger partial charge is 0.354 e. The Morgan fingerprint density at radius 1 is 1.28 bits per heavy atom. The lowest BCUT2D eigenvalue weighted by Gasteiger charge is -2.09. The molecule has 0 amide bonds. The van der Waals surface area contributed by atoms with E-state index in [2.05, 4.69) is 49.6 Å². The third-order valence-electron chi connectivity index (χ3n) is 2.04. The number of anilines is 2. The molecule has 0 saturated carbocycles. The Morgan fingerprint density at radius 2 is 2.06 bits per heavy atom. The van der Waals surface area contributed by atoms with Crippen LogP contribution in [0.2, 0.25) is 0 Å². The van der Waals surface area contributed by atoms with Gasteiger partial charge in [-0.25, -0.2) is 10.8 Å². The lowest BCUT2D eigenvalue weighted by Crippen LogP contribution is -2.17. The first kappa shape index (κ1) is 12.2. The van der Waals surface area contributed by atoms with Gasteiger partial charge in [0, 0.05) is 6.54 Å². The van der Waals surface area contributed by atoms with Crippen molar-refractivity contribution in [3.63, 3.8) is 0 Å². The number of hydrogen-bond acceptors (Lipinski definition) is 8. The molecule has 18 heavy (non-hydrogen) atoms. The maximum Gasteiger partial charge on any atom is 0.258 e. The molecule has 0 radical (unpaired) electrons. The zero-order chi connectivity index (χ0) is 13.0. The molecule has 96 valence electrons. The van der Waals surface area contributed by atoms with E-state index in [1.165, 1.54) is 17.3 Å². The van der Waals surface area contributed by atoms with Crippen LogP contribution in [0.15, 0.2) is 12.7 Å². The number of hydrogen-bond donors (Lipinski definition) is 3. The second kappa shape index (κ2) is 5.36. The van der Waals surface area contributed by atoms with Crippen molar-refractivity contribution in [3.8, 4) is 5.95 Å². The molecule has 9 heteroatoms. The molecule has 9 nitrogen and oxygen atoms in total. The van der Waals surface area contributed by atoms with Crippen molar-refractivity contribution in [3.05, 3.63) is 12.7 Å². The Labute approximate surface area is 104 Å². The molecule has 0 atom stereocenters. The van der Waals surface area contributed by atoms with E-state index >= 15 is 0 Å². The lowest BCUT2D eigenvalue weighted by molar-refractivity contribution is 0.682. The molecule has 0 unspecified atom stereocenters. The van der Waals surface area contributed by atoms with Gasteiger partial charge in [-0.2, -0.15) is 24.7 Å². The molecule has 0 aliphatic rings. The Morgan fingerprint density at radius 3 is 2.67 bits per heavy atom. The first-order valence-corrected chi connectivity index (χ1v) is 5.50. The summed E-state index contributed by atoms with van der Waals surface area (Å²) in [6.07, 6.45) is 2.91. The first-order valence-electron chi connectivity index (χ1n) is 5.50. The molecule has 0 saturated heterocycles. The molecule has 4 N–H and O–H groups in total. The van der Waals surface area contributed by atoms with Crippen LogP contribution >= 0.6 is 0 Å². The van der Waals surface area contributed by atoms with Crippen LogP contribution in [0, 0.1) is 5.92 Å². The molecule has 2 aromatic heterocycles. The van der Waals surface area contributed by atoms with Crippen molar-refractivity contribution in [1.82, 2.24) is 29.7 Å². The number of nitrogens with zero attached hydrogens (tertiary/aromatic N) is 6. The number of aromatic nitrogens is 6. The van der Waals surface area contributed by atoms with Gasteiger partial charge < -0.3 is 5.32 Å². The van der Waals surface area contributed by atoms with Crippen LogP contribution in [0.5, 0.6) is 0 Å². The van der Waals surface area contributed by atoms with E-state index in [1.54, 1.807) is 0 Å². The highest BCUT2D eigenvalue weighted by atomic mass is 15.4. The van der Waals surface area contributed by atoms with Crippen molar-refractivity contribution in [2.75, 3.05) is 17.3 Å². The molecular formula is C9H15N9. The van der Waals surface area contributed by atoms with E-state index < -0.39 is 0 Å². The van der Waals surface area contributed by atoms with Gasteiger partial charge in [-0.05, 0) is 5.92 Å². The SMILES string of the molecule is CC(C)CNc1nc(NN)nc(-n2cncn2)n1. The van der Waals surface area contributed by atoms with Gasteiger partial charge in [0.1, 0.15) is 12.7 Å². The van der Waals surface area contributed by atoms with E-state index in [4.69, 9.17) is 5.84 Å². The van der Waals surface area contributed by atoms with Crippen LogP contribution in [0.1, 0.15) is 13.8 Å². The monoisotopic (exact) mass is 249 g/mol. The average Bonchev–Trinajstić information content (AvgIpc) is 2.89. The third-order valence-corrected chi connectivity index (χ3v) is 2.04. The van der Waals surface area contributed by atoms with E-state index in [9.17, 15) is 0 Å². The van der Waals surface area contributed by atoms with Gasteiger partial charge in [-0.15, -0.1) is 0 Å². The van der Waals surface area contributed by atoms with E-state index in [0.29, 0.717) is 17.8 Å². The summed E-state index contributed by atoms with van der Waals surface area (Å²) in [5.41, 5.74) is 2.39.